The van der Waals surface area contributed by atoms with Gasteiger partial charge in [-0.05, 0) is 50.9 Å². The van der Waals surface area contributed by atoms with Crippen molar-refractivity contribution >= 4 is 84.4 Å². The predicted octanol–water partition coefficient (Wildman–Crippen LogP) is -5.26. The number of aliphatic hydroxyl groups is 2. The fourth-order valence-corrected chi connectivity index (χ4v) is 7.44. The number of hydrogen-bond donors (Lipinski definition) is 16. The normalized spacial score (nSPS) is 17.4. The Morgan fingerprint density at radius 1 is 0.797 bits per heavy atom. The number of likely N-dealkylation sites (tertiary alicyclic amines) is 1. The number of carboxylic acid groups (broad SMARTS) is 1. The van der Waals surface area contributed by atoms with Gasteiger partial charge in [-0.25, -0.2) is 9.78 Å². The summed E-state index contributed by atoms with van der Waals surface area (Å²) in [7, 11) is 0. The van der Waals surface area contributed by atoms with Crippen LogP contribution in [-0.4, -0.2) is 181 Å². The van der Waals surface area contributed by atoms with Crippen molar-refractivity contribution in [2.24, 2.45) is 34.0 Å². The van der Waals surface area contributed by atoms with Crippen molar-refractivity contribution < 1.29 is 58.5 Å². The van der Waals surface area contributed by atoms with E-state index in [0.717, 1.165) is 0 Å². The molecule has 1 aromatic rings. The van der Waals surface area contributed by atoms with Crippen LogP contribution in [0.1, 0.15) is 72.4 Å². The number of imidazole rings is 1. The van der Waals surface area contributed by atoms with Crippen molar-refractivity contribution in [2.45, 2.75) is 134 Å². The molecule has 2 rings (SSSR count). The number of aliphatic imine (C=N–C) groups is 1. The van der Waals surface area contributed by atoms with Gasteiger partial charge >= 0.3 is 5.97 Å². The molecule has 0 bridgehead atoms. The second-order valence-corrected chi connectivity index (χ2v) is 18.0. The zero-order chi connectivity index (χ0) is 52.1. The highest BCUT2D eigenvalue weighted by molar-refractivity contribution is 7.80. The van der Waals surface area contributed by atoms with Crippen LogP contribution in [0.2, 0.25) is 0 Å². The zero-order valence-electron chi connectivity index (χ0n) is 39.3. The van der Waals surface area contributed by atoms with Crippen molar-refractivity contribution in [2.75, 3.05) is 31.2 Å². The van der Waals surface area contributed by atoms with Gasteiger partial charge in [0.05, 0.1) is 25.1 Å². The summed E-state index contributed by atoms with van der Waals surface area (Å²) in [6, 6.07) is -12.1. The van der Waals surface area contributed by atoms with Crippen molar-refractivity contribution in [3.05, 3.63) is 18.2 Å². The maximum absolute atomic E-state index is 14.3. The number of guanidine groups is 1. The maximum Gasteiger partial charge on any atom is 0.327 e. The first kappa shape index (κ1) is 59.4. The molecule has 0 radical (unpaired) electrons. The monoisotopic (exact) mass is 1010 g/mol. The quantitative estimate of drug-likeness (QED) is 0.0154. The number of carbonyl (C=O) groups excluding carboxylic acids is 8. The van der Waals surface area contributed by atoms with E-state index in [-0.39, 0.29) is 68.6 Å². The lowest BCUT2D eigenvalue weighted by molar-refractivity contribution is -0.144. The molecule has 0 aliphatic carbocycles. The lowest BCUT2D eigenvalue weighted by Crippen LogP contribution is -2.62. The van der Waals surface area contributed by atoms with Crippen LogP contribution in [0.25, 0.3) is 0 Å². The van der Waals surface area contributed by atoms with Gasteiger partial charge in [0.25, 0.3) is 0 Å². The number of aliphatic hydroxyl groups excluding tert-OH is 2. The number of aromatic amines is 1. The summed E-state index contributed by atoms with van der Waals surface area (Å²) >= 11 is 7.95. The Kier molecular flexibility index (Phi) is 25.3. The lowest BCUT2D eigenvalue weighted by Gasteiger charge is -2.32. The van der Waals surface area contributed by atoms with Crippen molar-refractivity contribution in [3.8, 4) is 0 Å². The molecule has 1 aliphatic heterocycles. The summed E-state index contributed by atoms with van der Waals surface area (Å²) in [5, 5.41) is 47.5. The molecule has 1 aromatic heterocycles. The third-order valence-electron chi connectivity index (χ3n) is 10.8. The second-order valence-electron chi connectivity index (χ2n) is 17.3. The highest BCUT2D eigenvalue weighted by Crippen LogP contribution is 2.21. The molecule has 28 heteroatoms. The average molecular weight is 1020 g/mol. The summed E-state index contributed by atoms with van der Waals surface area (Å²) in [5.74, 6) is -9.36. The largest absolute Gasteiger partial charge is 0.480 e. The van der Waals surface area contributed by atoms with Crippen LogP contribution < -0.4 is 54.4 Å². The number of rotatable bonds is 29. The Balaban J connectivity index is 2.30. The Morgan fingerprint density at radius 2 is 1.38 bits per heavy atom. The first-order valence-electron chi connectivity index (χ1n) is 22.4. The second kappa shape index (κ2) is 29.3. The molecule has 26 nitrogen and oxygen atoms in total. The molecule has 1 aliphatic rings. The zero-order valence-corrected chi connectivity index (χ0v) is 41.1. The molecule has 0 saturated carbocycles. The minimum absolute atomic E-state index is 0.0239. The third kappa shape index (κ3) is 19.3. The molecule has 1 saturated heterocycles. The van der Waals surface area contributed by atoms with Crippen LogP contribution in [0, 0.1) is 11.8 Å². The molecule has 388 valence electrons. The molecule has 1 fully saturated rings. The number of amides is 8. The first-order valence-corrected chi connectivity index (χ1v) is 23.7. The van der Waals surface area contributed by atoms with Gasteiger partial charge in [-0.3, -0.25) is 43.3 Å². The van der Waals surface area contributed by atoms with Gasteiger partial charge in [0.1, 0.15) is 48.3 Å². The van der Waals surface area contributed by atoms with Crippen LogP contribution in [-0.2, 0) is 49.6 Å². The first-order chi connectivity index (χ1) is 32.4. The number of carbonyl (C=O) groups is 9. The Morgan fingerprint density at radius 3 is 1.91 bits per heavy atom. The third-order valence-corrected chi connectivity index (χ3v) is 11.6. The number of H-pyrrole nitrogens is 1. The van der Waals surface area contributed by atoms with Gasteiger partial charge in [0.15, 0.2) is 5.96 Å². The van der Waals surface area contributed by atoms with Gasteiger partial charge < -0.3 is 79.6 Å². The van der Waals surface area contributed by atoms with E-state index in [1.165, 1.54) is 24.3 Å². The summed E-state index contributed by atoms with van der Waals surface area (Å²) in [6.45, 7) is 7.24. The molecule has 0 spiro atoms. The molecule has 0 aromatic carbocycles. The highest BCUT2D eigenvalue weighted by atomic mass is 32.1. The number of nitrogens with zero attached hydrogens (tertiary/aromatic N) is 3. The number of hydrogen-bond acceptors (Lipinski definition) is 16. The molecular formula is C41H70N14O12S2. The van der Waals surface area contributed by atoms with E-state index in [1.807, 2.05) is 0 Å². The number of carboxylic acids is 1. The standard InChI is InChI=1S/C41H70N14O12S2/c1-19(2)12-25(49-36(62)27(15-56)51-33(59)24(8-6-10-46-41(43)44)48-38(64)31(21(5)57)54-32(58)23(42)16-68)35(61)53-30(20(3)4)39(65)55-11-7-9-29(55)37(63)50-26(13-22-14-45-18-47-22)34(60)52-28(17-69)40(66)67/h14,18-21,23-31,56-57,68-69H,6-13,15-17,42H2,1-5H3,(H,45,47)(H,48,64)(H,49,62)(H,50,63)(H,51,59)(H,52,60)(H,53,61)(H,54,58)(H,66,67)(H4,43,44,46)/t21-,23+,24+,25+,26+,27+,28+,29+,30+,31+/m1/s1. The minimum Gasteiger partial charge on any atom is -0.480 e. The molecule has 10 atom stereocenters. The van der Waals surface area contributed by atoms with E-state index < -0.39 is 126 Å². The van der Waals surface area contributed by atoms with Crippen LogP contribution in [0.3, 0.4) is 0 Å². The lowest BCUT2D eigenvalue weighted by atomic mass is 9.99. The maximum atomic E-state index is 14.3. The smallest absolute Gasteiger partial charge is 0.327 e. The van der Waals surface area contributed by atoms with E-state index in [9.17, 15) is 58.5 Å². The van der Waals surface area contributed by atoms with Crippen LogP contribution in [0.15, 0.2) is 17.5 Å². The van der Waals surface area contributed by atoms with Crippen LogP contribution >= 0.6 is 25.3 Å². The van der Waals surface area contributed by atoms with Gasteiger partial charge in [0.2, 0.25) is 47.3 Å². The minimum atomic E-state index is -1.68. The van der Waals surface area contributed by atoms with E-state index >= 15 is 0 Å². The number of nitrogens with one attached hydrogen (secondary N) is 8. The van der Waals surface area contributed by atoms with Crippen LogP contribution in [0.5, 0.6) is 0 Å². The number of aliphatic carboxylic acids is 1. The van der Waals surface area contributed by atoms with E-state index in [1.54, 1.807) is 27.7 Å². The summed E-state index contributed by atoms with van der Waals surface area (Å²) in [6.07, 6.45) is 1.86. The van der Waals surface area contributed by atoms with Crippen molar-refractivity contribution in [3.63, 3.8) is 0 Å². The van der Waals surface area contributed by atoms with Gasteiger partial charge in [-0.1, -0.05) is 27.7 Å². The molecule has 8 amide bonds. The number of thiol groups is 2. The van der Waals surface area contributed by atoms with Crippen molar-refractivity contribution in [1.82, 2.24) is 52.1 Å². The Bertz CT molecular complexity index is 1940. The van der Waals surface area contributed by atoms with E-state index in [2.05, 4.69) is 77.4 Å². The van der Waals surface area contributed by atoms with Crippen molar-refractivity contribution in [1.29, 1.82) is 0 Å². The van der Waals surface area contributed by atoms with Gasteiger partial charge in [0, 0.05) is 42.9 Å². The summed E-state index contributed by atoms with van der Waals surface area (Å²) in [5.41, 5.74) is 17.0. The fourth-order valence-electron chi connectivity index (χ4n) is 7.02. The SMILES string of the molecule is CC(C)C[C@H](NC(=O)[C@H](CO)NC(=O)[C@H](CCCN=C(N)N)NC(=O)[C@@H](NC(=O)[C@@H](N)CS)[C@@H](C)O)C(=O)N[C@H](C(=O)N1CCC[C@H]1C(=O)N[C@@H](Cc1cnc[nH]1)C(=O)N[C@@H](CS)C(=O)O)C(C)C. The molecule has 17 N–H and O–H groups in total. The average Bonchev–Trinajstić information content (AvgIpc) is 4.00. The van der Waals surface area contributed by atoms with Gasteiger partial charge in [-0.2, -0.15) is 25.3 Å². The number of aromatic nitrogens is 2. The fraction of sp³-hybridized carbons (Fsp3) is 0.683. The summed E-state index contributed by atoms with van der Waals surface area (Å²) < 4.78 is 0. The predicted molar refractivity (Wildman–Crippen MR) is 257 cm³/mol. The molecule has 0 unspecified atom stereocenters. The summed E-state index contributed by atoms with van der Waals surface area (Å²) in [4.78, 5) is 132. The number of nitrogens with two attached hydrogens (primary N) is 3. The van der Waals surface area contributed by atoms with E-state index in [0.29, 0.717) is 12.1 Å². The van der Waals surface area contributed by atoms with E-state index in [4.69, 9.17) is 17.2 Å². The topological polar surface area (TPSA) is 421 Å². The van der Waals surface area contributed by atoms with Crippen LogP contribution in [0.4, 0.5) is 0 Å². The molecular weight excluding hydrogens is 945 g/mol. The molecule has 69 heavy (non-hydrogen) atoms. The molecule has 2 heterocycles. The Hall–Kier alpha value is -5.71. The highest BCUT2D eigenvalue weighted by Gasteiger charge is 2.41. The van der Waals surface area contributed by atoms with Gasteiger partial charge in [-0.15, -0.1) is 0 Å². The Labute approximate surface area is 410 Å².